The minimum atomic E-state index is -0.305. The molecule has 0 N–H and O–H groups in total. The van der Waals surface area contributed by atoms with Crippen LogP contribution in [-0.2, 0) is 16.1 Å². The molecule has 0 aliphatic carbocycles. The molecule has 0 spiro atoms. The summed E-state index contributed by atoms with van der Waals surface area (Å²) in [5.74, 6) is -0.305. The minimum Gasteiger partial charge on any atom is -0.464 e. The second kappa shape index (κ2) is 5.23. The Morgan fingerprint density at radius 2 is 2.46 bits per heavy atom. The zero-order valence-electron chi connectivity index (χ0n) is 7.51. The minimum absolute atomic E-state index is 0.0801. The molecular weight excluding hydrogens is 172 g/mol. The second-order valence-electron chi connectivity index (χ2n) is 2.58. The van der Waals surface area contributed by atoms with E-state index in [-0.39, 0.29) is 12.5 Å². The Morgan fingerprint density at radius 1 is 1.62 bits per heavy atom. The summed E-state index contributed by atoms with van der Waals surface area (Å²) in [5, 5.41) is 10.3. The van der Waals surface area contributed by atoms with Crippen molar-refractivity contribution in [3.05, 3.63) is 6.33 Å². The summed E-state index contributed by atoms with van der Waals surface area (Å²) in [4.78, 5) is 11.0. The van der Waals surface area contributed by atoms with E-state index in [1.807, 2.05) is 6.92 Å². The smallest absolute Gasteiger partial charge is 0.327 e. The Labute approximate surface area is 75.9 Å². The first-order valence-corrected chi connectivity index (χ1v) is 4.19. The molecule has 1 rings (SSSR count). The number of tetrazole rings is 1. The lowest BCUT2D eigenvalue weighted by atomic mass is 10.4. The molecule has 1 aromatic heterocycles. The van der Waals surface area contributed by atoms with Gasteiger partial charge >= 0.3 is 5.97 Å². The normalized spacial score (nSPS) is 9.92. The Kier molecular flexibility index (Phi) is 3.87. The van der Waals surface area contributed by atoms with E-state index < -0.39 is 0 Å². The fourth-order valence-electron chi connectivity index (χ4n) is 0.761. The molecule has 1 aromatic rings. The predicted molar refractivity (Wildman–Crippen MR) is 43.7 cm³/mol. The van der Waals surface area contributed by atoms with Crippen LogP contribution in [0.25, 0.3) is 0 Å². The average molecular weight is 184 g/mol. The first-order valence-electron chi connectivity index (χ1n) is 4.19. The molecule has 0 aliphatic heterocycles. The average Bonchev–Trinajstić information content (AvgIpc) is 2.57. The molecule has 0 unspecified atom stereocenters. The highest BCUT2D eigenvalue weighted by Crippen LogP contribution is 1.90. The Morgan fingerprint density at radius 3 is 3.08 bits per heavy atom. The van der Waals surface area contributed by atoms with Crippen molar-refractivity contribution in [2.24, 2.45) is 0 Å². The van der Waals surface area contributed by atoms with E-state index in [9.17, 15) is 4.79 Å². The van der Waals surface area contributed by atoms with Crippen molar-refractivity contribution in [3.63, 3.8) is 0 Å². The van der Waals surface area contributed by atoms with Crippen LogP contribution in [0.3, 0.4) is 0 Å². The molecule has 0 aromatic carbocycles. The van der Waals surface area contributed by atoms with Gasteiger partial charge in [0.15, 0.2) is 0 Å². The highest BCUT2D eigenvalue weighted by molar-refractivity contribution is 5.68. The van der Waals surface area contributed by atoms with Gasteiger partial charge in [-0.25, -0.2) is 4.68 Å². The third-order valence-corrected chi connectivity index (χ3v) is 1.44. The molecular formula is C7H12N4O2. The standard InChI is InChI=1S/C7H12N4O2/c1-2-3-4-13-7(12)5-11-6-8-9-10-11/h6H,2-5H2,1H3. The van der Waals surface area contributed by atoms with Gasteiger partial charge in [-0.15, -0.1) is 5.10 Å². The summed E-state index contributed by atoms with van der Waals surface area (Å²) in [6.07, 6.45) is 3.28. The number of esters is 1. The van der Waals surface area contributed by atoms with Crippen molar-refractivity contribution in [1.82, 2.24) is 20.2 Å². The Bertz CT molecular complexity index is 247. The van der Waals surface area contributed by atoms with E-state index >= 15 is 0 Å². The van der Waals surface area contributed by atoms with E-state index in [0.29, 0.717) is 6.61 Å². The largest absolute Gasteiger partial charge is 0.464 e. The number of carbonyl (C=O) groups is 1. The zero-order valence-corrected chi connectivity index (χ0v) is 7.51. The third kappa shape index (κ3) is 3.64. The van der Waals surface area contributed by atoms with Crippen molar-refractivity contribution >= 4 is 5.97 Å². The topological polar surface area (TPSA) is 69.9 Å². The van der Waals surface area contributed by atoms with Crippen LogP contribution in [0.2, 0.25) is 0 Å². The third-order valence-electron chi connectivity index (χ3n) is 1.44. The van der Waals surface area contributed by atoms with Crippen molar-refractivity contribution in [2.75, 3.05) is 6.61 Å². The van der Waals surface area contributed by atoms with Crippen LogP contribution in [0.5, 0.6) is 0 Å². The van der Waals surface area contributed by atoms with Gasteiger partial charge in [0.2, 0.25) is 0 Å². The highest BCUT2D eigenvalue weighted by atomic mass is 16.5. The number of aromatic nitrogens is 4. The van der Waals surface area contributed by atoms with Crippen LogP contribution in [0.15, 0.2) is 6.33 Å². The monoisotopic (exact) mass is 184 g/mol. The molecule has 13 heavy (non-hydrogen) atoms. The highest BCUT2D eigenvalue weighted by Gasteiger charge is 2.03. The van der Waals surface area contributed by atoms with Crippen LogP contribution in [-0.4, -0.2) is 32.8 Å². The van der Waals surface area contributed by atoms with Crippen molar-refractivity contribution < 1.29 is 9.53 Å². The number of carbonyl (C=O) groups excluding carboxylic acids is 1. The summed E-state index contributed by atoms with van der Waals surface area (Å²) >= 11 is 0. The second-order valence-corrected chi connectivity index (χ2v) is 2.58. The molecule has 6 nitrogen and oxygen atoms in total. The lowest BCUT2D eigenvalue weighted by Gasteiger charge is -2.02. The van der Waals surface area contributed by atoms with E-state index in [2.05, 4.69) is 15.5 Å². The van der Waals surface area contributed by atoms with Crippen LogP contribution < -0.4 is 0 Å². The lowest BCUT2D eigenvalue weighted by molar-refractivity contribution is -0.144. The fraction of sp³-hybridized carbons (Fsp3) is 0.714. The number of hydrogen-bond donors (Lipinski definition) is 0. The maximum Gasteiger partial charge on any atom is 0.327 e. The van der Waals surface area contributed by atoms with Gasteiger partial charge in [-0.2, -0.15) is 0 Å². The van der Waals surface area contributed by atoms with Crippen molar-refractivity contribution in [1.29, 1.82) is 0 Å². The van der Waals surface area contributed by atoms with Gasteiger partial charge in [-0.3, -0.25) is 4.79 Å². The first-order chi connectivity index (χ1) is 6.33. The van der Waals surface area contributed by atoms with Crippen LogP contribution in [0.4, 0.5) is 0 Å². The molecule has 0 aliphatic rings. The van der Waals surface area contributed by atoms with Crippen molar-refractivity contribution in [3.8, 4) is 0 Å². The Balaban J connectivity index is 2.18. The SMILES string of the molecule is CCCCOC(=O)Cn1cnnn1. The summed E-state index contributed by atoms with van der Waals surface area (Å²) in [6.45, 7) is 2.59. The molecule has 6 heteroatoms. The maximum atomic E-state index is 11.0. The van der Waals surface area contributed by atoms with E-state index in [1.54, 1.807) is 0 Å². The quantitative estimate of drug-likeness (QED) is 0.476. The van der Waals surface area contributed by atoms with Gasteiger partial charge in [-0.1, -0.05) is 13.3 Å². The van der Waals surface area contributed by atoms with E-state index in [1.165, 1.54) is 11.0 Å². The predicted octanol–water partition coefficient (Wildman–Crippen LogP) is 0.0164. The van der Waals surface area contributed by atoms with Gasteiger partial charge in [0.25, 0.3) is 0 Å². The number of nitrogens with zero attached hydrogens (tertiary/aromatic N) is 4. The Hall–Kier alpha value is -1.46. The number of unbranched alkanes of at least 4 members (excludes halogenated alkanes) is 1. The molecule has 0 atom stereocenters. The zero-order chi connectivity index (χ0) is 9.52. The van der Waals surface area contributed by atoms with Gasteiger partial charge in [0.1, 0.15) is 12.9 Å². The fourth-order valence-corrected chi connectivity index (χ4v) is 0.761. The molecule has 0 saturated carbocycles. The molecule has 0 amide bonds. The van der Waals surface area contributed by atoms with E-state index in [0.717, 1.165) is 12.8 Å². The number of ether oxygens (including phenoxy) is 1. The van der Waals surface area contributed by atoms with Crippen LogP contribution in [0, 0.1) is 0 Å². The van der Waals surface area contributed by atoms with Crippen LogP contribution in [0.1, 0.15) is 19.8 Å². The van der Waals surface area contributed by atoms with Gasteiger partial charge in [0, 0.05) is 0 Å². The molecule has 1 heterocycles. The first kappa shape index (κ1) is 9.63. The summed E-state index contributed by atoms with van der Waals surface area (Å²) < 4.78 is 6.23. The summed E-state index contributed by atoms with van der Waals surface area (Å²) in [6, 6.07) is 0. The molecule has 0 bridgehead atoms. The van der Waals surface area contributed by atoms with Gasteiger partial charge in [-0.05, 0) is 16.8 Å². The lowest BCUT2D eigenvalue weighted by Crippen LogP contribution is -2.14. The molecule has 0 saturated heterocycles. The van der Waals surface area contributed by atoms with Crippen LogP contribution >= 0.6 is 0 Å². The molecule has 72 valence electrons. The maximum absolute atomic E-state index is 11.0. The van der Waals surface area contributed by atoms with Gasteiger partial charge < -0.3 is 4.74 Å². The summed E-state index contributed by atoms with van der Waals surface area (Å²) in [5.41, 5.74) is 0. The van der Waals surface area contributed by atoms with Crippen molar-refractivity contribution in [2.45, 2.75) is 26.3 Å². The number of rotatable bonds is 5. The number of hydrogen-bond acceptors (Lipinski definition) is 5. The molecule has 0 radical (unpaired) electrons. The van der Waals surface area contributed by atoms with E-state index in [4.69, 9.17) is 4.74 Å². The van der Waals surface area contributed by atoms with Gasteiger partial charge in [0.05, 0.1) is 6.61 Å². The molecule has 0 fully saturated rings. The summed E-state index contributed by atoms with van der Waals surface area (Å²) in [7, 11) is 0.